The summed E-state index contributed by atoms with van der Waals surface area (Å²) in [6, 6.07) is 19.1. The van der Waals surface area contributed by atoms with E-state index in [1.165, 1.54) is 0 Å². The number of aryl methyl sites for hydroxylation is 1. The fourth-order valence-corrected chi connectivity index (χ4v) is 3.34. The molecule has 8 nitrogen and oxygen atoms in total. The third kappa shape index (κ3) is 6.26. The Morgan fingerprint density at radius 2 is 1.75 bits per heavy atom. The van der Waals surface area contributed by atoms with Gasteiger partial charge in [-0.2, -0.15) is 4.98 Å². The van der Waals surface area contributed by atoms with E-state index in [4.69, 9.17) is 9.47 Å². The molecule has 1 aliphatic rings. The van der Waals surface area contributed by atoms with Gasteiger partial charge in [-0.05, 0) is 36.8 Å². The average molecular weight is 434 g/mol. The third-order valence-corrected chi connectivity index (χ3v) is 4.92. The summed E-state index contributed by atoms with van der Waals surface area (Å²) in [5.41, 5.74) is 3.50. The summed E-state index contributed by atoms with van der Waals surface area (Å²) in [7, 11) is 0. The number of hydrogen-bond acceptors (Lipinski definition) is 7. The number of hydrogen-bond donors (Lipinski definition) is 2. The molecule has 0 atom stereocenters. The molecule has 166 valence electrons. The lowest BCUT2D eigenvalue weighted by Gasteiger charge is -2.27. The molecule has 2 aromatic carbocycles. The van der Waals surface area contributed by atoms with Gasteiger partial charge in [0.15, 0.2) is 0 Å². The van der Waals surface area contributed by atoms with E-state index >= 15 is 0 Å². The average Bonchev–Trinajstić information content (AvgIpc) is 2.81. The lowest BCUT2D eigenvalue weighted by atomic mass is 10.2. The number of anilines is 4. The summed E-state index contributed by atoms with van der Waals surface area (Å²) in [5, 5.41) is 6.16. The first kappa shape index (κ1) is 21.7. The Balaban J connectivity index is 1.30. The molecule has 0 radical (unpaired) electrons. The smallest absolute Gasteiger partial charge is 0.250 e. The third-order valence-electron chi connectivity index (χ3n) is 4.92. The lowest BCUT2D eigenvalue weighted by molar-refractivity contribution is -0.121. The van der Waals surface area contributed by atoms with Gasteiger partial charge in [-0.15, -0.1) is 0 Å². The van der Waals surface area contributed by atoms with Crippen molar-refractivity contribution in [3.63, 3.8) is 0 Å². The highest BCUT2D eigenvalue weighted by atomic mass is 16.5. The molecular formula is C24H27N5O3. The molecule has 0 bridgehead atoms. The standard InChI is InChI=1S/C24H27N5O3/c1-18-15-22(28-24(25-18)29-11-13-31-14-12-29)26-20-7-9-21(10-8-20)27-23(30)17-32-16-19-5-3-2-4-6-19/h2-10,15H,11-14,16-17H2,1H3,(H,27,30)(H,25,26,28). The van der Waals surface area contributed by atoms with Crippen LogP contribution in [0.3, 0.4) is 0 Å². The highest BCUT2D eigenvalue weighted by Crippen LogP contribution is 2.21. The fourth-order valence-electron chi connectivity index (χ4n) is 3.34. The van der Waals surface area contributed by atoms with Crippen molar-refractivity contribution in [1.82, 2.24) is 9.97 Å². The first-order chi connectivity index (χ1) is 15.7. The van der Waals surface area contributed by atoms with Crippen molar-refractivity contribution in [2.45, 2.75) is 13.5 Å². The summed E-state index contributed by atoms with van der Waals surface area (Å²) >= 11 is 0. The lowest BCUT2D eigenvalue weighted by Crippen LogP contribution is -2.37. The number of carbonyl (C=O) groups excluding carboxylic acids is 1. The largest absolute Gasteiger partial charge is 0.378 e. The number of benzene rings is 2. The minimum absolute atomic E-state index is 0.000571. The van der Waals surface area contributed by atoms with E-state index in [9.17, 15) is 4.79 Å². The van der Waals surface area contributed by atoms with Crippen molar-refractivity contribution in [1.29, 1.82) is 0 Å². The maximum Gasteiger partial charge on any atom is 0.250 e. The number of rotatable bonds is 8. The van der Waals surface area contributed by atoms with Gasteiger partial charge < -0.3 is 25.0 Å². The van der Waals surface area contributed by atoms with E-state index in [0.29, 0.717) is 31.5 Å². The van der Waals surface area contributed by atoms with Crippen molar-refractivity contribution in [2.75, 3.05) is 48.4 Å². The van der Waals surface area contributed by atoms with Crippen LogP contribution in [0.5, 0.6) is 0 Å². The number of morpholine rings is 1. The van der Waals surface area contributed by atoms with Gasteiger partial charge >= 0.3 is 0 Å². The topological polar surface area (TPSA) is 88.6 Å². The Morgan fingerprint density at radius 3 is 2.50 bits per heavy atom. The molecule has 4 rings (SSSR count). The first-order valence-electron chi connectivity index (χ1n) is 10.6. The number of amides is 1. The van der Waals surface area contributed by atoms with E-state index in [0.717, 1.165) is 35.9 Å². The van der Waals surface area contributed by atoms with Crippen LogP contribution >= 0.6 is 0 Å². The van der Waals surface area contributed by atoms with Gasteiger partial charge in [0.1, 0.15) is 12.4 Å². The zero-order valence-corrected chi connectivity index (χ0v) is 18.1. The number of ether oxygens (including phenoxy) is 2. The van der Waals surface area contributed by atoms with Gasteiger partial charge in [0.25, 0.3) is 0 Å². The number of nitrogens with one attached hydrogen (secondary N) is 2. The van der Waals surface area contributed by atoms with Crippen molar-refractivity contribution in [3.05, 3.63) is 71.9 Å². The minimum Gasteiger partial charge on any atom is -0.378 e. The number of nitrogens with zero attached hydrogens (tertiary/aromatic N) is 3. The molecule has 0 saturated carbocycles. The molecule has 1 amide bonds. The predicted octanol–water partition coefficient (Wildman–Crippen LogP) is 3.52. The molecule has 0 unspecified atom stereocenters. The molecule has 0 spiro atoms. The fraction of sp³-hybridized carbons (Fsp3) is 0.292. The van der Waals surface area contributed by atoms with Crippen LogP contribution in [0.2, 0.25) is 0 Å². The molecule has 3 aromatic rings. The van der Waals surface area contributed by atoms with Crippen LogP contribution < -0.4 is 15.5 Å². The van der Waals surface area contributed by atoms with Gasteiger partial charge in [0.05, 0.1) is 19.8 Å². The normalized spacial score (nSPS) is 13.6. The summed E-state index contributed by atoms with van der Waals surface area (Å²) in [6.45, 7) is 5.30. The molecule has 1 aliphatic heterocycles. The van der Waals surface area contributed by atoms with Crippen molar-refractivity contribution in [3.8, 4) is 0 Å². The van der Waals surface area contributed by atoms with E-state index < -0.39 is 0 Å². The van der Waals surface area contributed by atoms with Crippen LogP contribution in [0.1, 0.15) is 11.3 Å². The van der Waals surface area contributed by atoms with Gasteiger partial charge in [0, 0.05) is 36.2 Å². The quantitative estimate of drug-likeness (QED) is 0.562. The summed E-state index contributed by atoms with van der Waals surface area (Å²) < 4.78 is 10.9. The van der Waals surface area contributed by atoms with E-state index in [-0.39, 0.29) is 12.5 Å². The maximum atomic E-state index is 12.1. The van der Waals surface area contributed by atoms with Crippen LogP contribution in [0.25, 0.3) is 0 Å². The molecule has 8 heteroatoms. The maximum absolute atomic E-state index is 12.1. The Hall–Kier alpha value is -3.49. The van der Waals surface area contributed by atoms with Gasteiger partial charge in [-0.25, -0.2) is 4.98 Å². The van der Waals surface area contributed by atoms with Crippen LogP contribution in [-0.2, 0) is 20.9 Å². The minimum atomic E-state index is -0.191. The SMILES string of the molecule is Cc1cc(Nc2ccc(NC(=O)COCc3ccccc3)cc2)nc(N2CCOCC2)n1. The molecule has 2 heterocycles. The first-order valence-corrected chi connectivity index (χ1v) is 10.6. The Kier molecular flexibility index (Phi) is 7.27. The van der Waals surface area contributed by atoms with Crippen LogP contribution in [0, 0.1) is 6.92 Å². The summed E-state index contributed by atoms with van der Waals surface area (Å²) in [6.07, 6.45) is 0. The van der Waals surface area contributed by atoms with Crippen LogP contribution in [0.4, 0.5) is 23.1 Å². The molecule has 2 N–H and O–H groups in total. The van der Waals surface area contributed by atoms with Crippen molar-refractivity contribution < 1.29 is 14.3 Å². The highest BCUT2D eigenvalue weighted by molar-refractivity contribution is 5.91. The van der Waals surface area contributed by atoms with Crippen molar-refractivity contribution >= 4 is 29.0 Å². The van der Waals surface area contributed by atoms with E-state index in [2.05, 4.69) is 25.5 Å². The zero-order valence-electron chi connectivity index (χ0n) is 18.1. The summed E-state index contributed by atoms with van der Waals surface area (Å²) in [5.74, 6) is 1.24. The second kappa shape index (κ2) is 10.7. The number of carbonyl (C=O) groups is 1. The predicted molar refractivity (Wildman–Crippen MR) is 124 cm³/mol. The number of aromatic nitrogens is 2. The molecule has 1 fully saturated rings. The second-order valence-corrected chi connectivity index (χ2v) is 7.52. The Bertz CT molecular complexity index is 1020. The van der Waals surface area contributed by atoms with Gasteiger partial charge in [-0.3, -0.25) is 4.79 Å². The Morgan fingerprint density at radius 1 is 1.03 bits per heavy atom. The second-order valence-electron chi connectivity index (χ2n) is 7.52. The van der Waals surface area contributed by atoms with Gasteiger partial charge in [0.2, 0.25) is 11.9 Å². The highest BCUT2D eigenvalue weighted by Gasteiger charge is 2.15. The van der Waals surface area contributed by atoms with E-state index in [1.54, 1.807) is 0 Å². The van der Waals surface area contributed by atoms with Crippen LogP contribution in [0.15, 0.2) is 60.7 Å². The molecule has 1 saturated heterocycles. The molecule has 0 aliphatic carbocycles. The van der Waals surface area contributed by atoms with Crippen LogP contribution in [-0.4, -0.2) is 48.8 Å². The van der Waals surface area contributed by atoms with Crippen molar-refractivity contribution in [2.24, 2.45) is 0 Å². The molecule has 1 aromatic heterocycles. The monoisotopic (exact) mass is 433 g/mol. The summed E-state index contributed by atoms with van der Waals surface area (Å²) in [4.78, 5) is 23.4. The van der Waals surface area contributed by atoms with E-state index in [1.807, 2.05) is 67.6 Å². The Labute approximate surface area is 187 Å². The molecular weight excluding hydrogens is 406 g/mol. The van der Waals surface area contributed by atoms with Gasteiger partial charge in [-0.1, -0.05) is 30.3 Å². The molecule has 32 heavy (non-hydrogen) atoms. The zero-order chi connectivity index (χ0) is 22.2.